The minimum absolute atomic E-state index is 0.227. The first-order valence-corrected chi connectivity index (χ1v) is 12.3. The van der Waals surface area contributed by atoms with Crippen molar-refractivity contribution in [3.8, 4) is 5.75 Å². The van der Waals surface area contributed by atoms with Gasteiger partial charge in [-0.25, -0.2) is 14.8 Å². The number of rotatable bonds is 10. The molecule has 4 rings (SSSR count). The lowest BCUT2D eigenvalue weighted by atomic mass is 10.1. The molecule has 10 nitrogen and oxygen atoms in total. The van der Waals surface area contributed by atoms with E-state index >= 15 is 0 Å². The van der Waals surface area contributed by atoms with E-state index < -0.39 is 6.09 Å². The summed E-state index contributed by atoms with van der Waals surface area (Å²) in [6, 6.07) is 17.1. The molecule has 1 aliphatic rings. The molecule has 1 N–H and O–H groups in total. The largest absolute Gasteiger partial charge is 0.497 e. The SMILES string of the molecule is COc1cccc(NC(=O)OCCCc2nc(N=NCc3cccc(C)c3)cc(N3CCOCC3)n2)c1. The highest BCUT2D eigenvalue weighted by atomic mass is 16.5. The number of azo groups is 1. The van der Waals surface area contributed by atoms with Crippen molar-refractivity contribution in [3.05, 3.63) is 71.5 Å². The minimum atomic E-state index is -0.526. The number of carbonyl (C=O) groups excluding carboxylic acids is 1. The molecule has 0 atom stereocenters. The Morgan fingerprint density at radius 1 is 1.11 bits per heavy atom. The Labute approximate surface area is 216 Å². The Bertz CT molecular complexity index is 1210. The van der Waals surface area contributed by atoms with Crippen LogP contribution in [0.2, 0.25) is 0 Å². The zero-order chi connectivity index (χ0) is 25.9. The average Bonchev–Trinajstić information content (AvgIpc) is 2.92. The summed E-state index contributed by atoms with van der Waals surface area (Å²) < 4.78 is 16.0. The summed E-state index contributed by atoms with van der Waals surface area (Å²) in [5.41, 5.74) is 2.88. The number of benzene rings is 2. The standard InChI is InChI=1S/C27H32N6O4/c1-20-6-3-7-21(16-20)19-28-32-25-18-26(33-11-14-36-15-12-33)31-24(30-25)10-5-13-37-27(34)29-22-8-4-9-23(17-22)35-2/h3-4,6-9,16-18H,5,10-15,19H2,1-2H3,(H,29,34). The van der Waals surface area contributed by atoms with E-state index in [1.54, 1.807) is 31.4 Å². The van der Waals surface area contributed by atoms with Crippen LogP contribution >= 0.6 is 0 Å². The third-order valence-corrected chi connectivity index (χ3v) is 5.68. The molecule has 0 aliphatic carbocycles. The second-order valence-corrected chi connectivity index (χ2v) is 8.59. The van der Waals surface area contributed by atoms with Crippen LogP contribution in [0.1, 0.15) is 23.4 Å². The van der Waals surface area contributed by atoms with E-state index in [1.165, 1.54) is 5.56 Å². The van der Waals surface area contributed by atoms with Crippen molar-refractivity contribution in [2.75, 3.05) is 50.2 Å². The van der Waals surface area contributed by atoms with Crippen molar-refractivity contribution in [2.24, 2.45) is 10.2 Å². The number of aromatic nitrogens is 2. The van der Waals surface area contributed by atoms with E-state index in [0.29, 0.717) is 55.7 Å². The summed E-state index contributed by atoms with van der Waals surface area (Å²) >= 11 is 0. The first-order valence-electron chi connectivity index (χ1n) is 12.3. The van der Waals surface area contributed by atoms with Crippen molar-refractivity contribution in [2.45, 2.75) is 26.3 Å². The van der Waals surface area contributed by atoms with Crippen molar-refractivity contribution in [1.29, 1.82) is 0 Å². The summed E-state index contributed by atoms with van der Waals surface area (Å²) in [5.74, 6) is 2.59. The summed E-state index contributed by atoms with van der Waals surface area (Å²) in [4.78, 5) is 23.6. The van der Waals surface area contributed by atoms with Crippen molar-refractivity contribution in [1.82, 2.24) is 9.97 Å². The molecule has 2 heterocycles. The van der Waals surface area contributed by atoms with Gasteiger partial charge in [-0.1, -0.05) is 35.9 Å². The highest BCUT2D eigenvalue weighted by molar-refractivity contribution is 5.84. The molecule has 10 heteroatoms. The topological polar surface area (TPSA) is 111 Å². The van der Waals surface area contributed by atoms with Gasteiger partial charge < -0.3 is 19.1 Å². The second-order valence-electron chi connectivity index (χ2n) is 8.59. The van der Waals surface area contributed by atoms with Crippen LogP contribution in [0.3, 0.4) is 0 Å². The Balaban J connectivity index is 1.35. The number of amides is 1. The molecule has 37 heavy (non-hydrogen) atoms. The molecule has 1 amide bonds. The Morgan fingerprint density at radius 2 is 1.95 bits per heavy atom. The highest BCUT2D eigenvalue weighted by Gasteiger charge is 2.15. The van der Waals surface area contributed by atoms with Gasteiger partial charge in [-0.3, -0.25) is 5.32 Å². The third-order valence-electron chi connectivity index (χ3n) is 5.68. The minimum Gasteiger partial charge on any atom is -0.497 e. The van der Waals surface area contributed by atoms with Gasteiger partial charge in [0.2, 0.25) is 0 Å². The molecule has 1 saturated heterocycles. The number of hydrogen-bond acceptors (Lipinski definition) is 9. The summed E-state index contributed by atoms with van der Waals surface area (Å²) in [6.45, 7) is 5.57. The van der Waals surface area contributed by atoms with Crippen molar-refractivity contribution >= 4 is 23.4 Å². The van der Waals surface area contributed by atoms with Crippen LogP contribution in [0.25, 0.3) is 0 Å². The number of hydrogen-bond donors (Lipinski definition) is 1. The number of anilines is 2. The number of ether oxygens (including phenoxy) is 3. The van der Waals surface area contributed by atoms with Gasteiger partial charge in [0.15, 0.2) is 5.82 Å². The van der Waals surface area contributed by atoms with Crippen LogP contribution in [0, 0.1) is 6.92 Å². The number of nitrogens with one attached hydrogen (secondary N) is 1. The first-order chi connectivity index (χ1) is 18.1. The number of morpholine rings is 1. The molecule has 1 aliphatic heterocycles. The Kier molecular flexibility index (Phi) is 9.36. The maximum Gasteiger partial charge on any atom is 0.411 e. The lowest BCUT2D eigenvalue weighted by Gasteiger charge is -2.28. The van der Waals surface area contributed by atoms with E-state index in [4.69, 9.17) is 19.2 Å². The summed E-state index contributed by atoms with van der Waals surface area (Å²) in [7, 11) is 1.57. The van der Waals surface area contributed by atoms with E-state index in [9.17, 15) is 4.79 Å². The van der Waals surface area contributed by atoms with Crippen LogP contribution in [0.5, 0.6) is 5.75 Å². The average molecular weight is 505 g/mol. The normalized spacial score (nSPS) is 13.5. The fourth-order valence-corrected chi connectivity index (χ4v) is 3.84. The summed E-state index contributed by atoms with van der Waals surface area (Å²) in [6.07, 6.45) is 0.574. The molecule has 2 aromatic carbocycles. The highest BCUT2D eigenvalue weighted by Crippen LogP contribution is 2.21. The zero-order valence-electron chi connectivity index (χ0n) is 21.2. The predicted molar refractivity (Wildman–Crippen MR) is 141 cm³/mol. The zero-order valence-corrected chi connectivity index (χ0v) is 21.2. The maximum atomic E-state index is 12.1. The third kappa shape index (κ3) is 8.25. The van der Waals surface area contributed by atoms with E-state index in [-0.39, 0.29) is 6.61 Å². The molecule has 0 bridgehead atoms. The van der Waals surface area contributed by atoms with Crippen LogP contribution in [-0.4, -0.2) is 56.1 Å². The molecule has 0 saturated carbocycles. The predicted octanol–water partition coefficient (Wildman–Crippen LogP) is 5.10. The van der Waals surface area contributed by atoms with Gasteiger partial charge in [0, 0.05) is 37.3 Å². The van der Waals surface area contributed by atoms with Gasteiger partial charge in [-0.15, -0.1) is 5.11 Å². The maximum absolute atomic E-state index is 12.1. The molecular formula is C27H32N6O4. The first kappa shape index (κ1) is 26.0. The molecule has 0 unspecified atom stereocenters. The number of aryl methyl sites for hydroxylation is 2. The van der Waals surface area contributed by atoms with Gasteiger partial charge in [0.05, 0.1) is 33.5 Å². The van der Waals surface area contributed by atoms with Crippen LogP contribution in [-0.2, 0) is 22.4 Å². The summed E-state index contributed by atoms with van der Waals surface area (Å²) in [5, 5.41) is 11.4. The van der Waals surface area contributed by atoms with E-state index in [0.717, 1.165) is 24.5 Å². The second kappa shape index (κ2) is 13.3. The van der Waals surface area contributed by atoms with Crippen LogP contribution in [0.4, 0.5) is 22.1 Å². The van der Waals surface area contributed by atoms with Gasteiger partial charge >= 0.3 is 6.09 Å². The molecule has 1 fully saturated rings. The molecule has 3 aromatic rings. The van der Waals surface area contributed by atoms with Crippen LogP contribution < -0.4 is 15.0 Å². The van der Waals surface area contributed by atoms with E-state index in [2.05, 4.69) is 44.5 Å². The van der Waals surface area contributed by atoms with Crippen molar-refractivity contribution in [3.63, 3.8) is 0 Å². The fraction of sp³-hybridized carbons (Fsp3) is 0.370. The lowest BCUT2D eigenvalue weighted by Crippen LogP contribution is -2.36. The fourth-order valence-electron chi connectivity index (χ4n) is 3.84. The monoisotopic (exact) mass is 504 g/mol. The Hall–Kier alpha value is -4.05. The quantitative estimate of drug-likeness (QED) is 0.302. The molecule has 1 aromatic heterocycles. The number of methoxy groups -OCH3 is 1. The number of carbonyl (C=O) groups is 1. The number of nitrogens with zero attached hydrogens (tertiary/aromatic N) is 5. The van der Waals surface area contributed by atoms with Gasteiger partial charge in [-0.2, -0.15) is 5.11 Å². The molecule has 194 valence electrons. The van der Waals surface area contributed by atoms with Crippen molar-refractivity contribution < 1.29 is 19.0 Å². The molecular weight excluding hydrogens is 472 g/mol. The smallest absolute Gasteiger partial charge is 0.411 e. The van der Waals surface area contributed by atoms with E-state index in [1.807, 2.05) is 18.2 Å². The van der Waals surface area contributed by atoms with Gasteiger partial charge in [-0.05, 0) is 31.0 Å². The molecule has 0 radical (unpaired) electrons. The lowest BCUT2D eigenvalue weighted by molar-refractivity contribution is 0.122. The Morgan fingerprint density at radius 3 is 2.76 bits per heavy atom. The van der Waals surface area contributed by atoms with Gasteiger partial charge in [0.25, 0.3) is 0 Å². The van der Waals surface area contributed by atoms with Crippen LogP contribution in [0.15, 0.2) is 64.8 Å². The molecule has 0 spiro atoms. The van der Waals surface area contributed by atoms with Gasteiger partial charge in [0.1, 0.15) is 17.4 Å².